The van der Waals surface area contributed by atoms with Crippen LogP contribution in [0.5, 0.6) is 0 Å². The molecule has 9 heteroatoms. The smallest absolute Gasteiger partial charge is 0.328 e. The Balaban J connectivity index is 1.58. The number of nitrogens with zero attached hydrogens (tertiary/aromatic N) is 6. The van der Waals surface area contributed by atoms with Crippen LogP contribution in [-0.4, -0.2) is 61.9 Å². The van der Waals surface area contributed by atoms with E-state index in [1.165, 1.54) is 16.2 Å². The molecule has 0 bridgehead atoms. The molecule has 2 fully saturated rings. The molecule has 0 unspecified atom stereocenters. The number of thiazole rings is 1. The highest BCUT2D eigenvalue weighted by molar-refractivity contribution is 7.09. The third kappa shape index (κ3) is 3.23. The van der Waals surface area contributed by atoms with Gasteiger partial charge in [-0.15, -0.1) is 11.3 Å². The second kappa shape index (κ2) is 7.46. The van der Waals surface area contributed by atoms with Gasteiger partial charge in [-0.05, 0) is 18.8 Å². The maximum absolute atomic E-state index is 13.5. The van der Waals surface area contributed by atoms with E-state index in [4.69, 9.17) is 0 Å². The predicted octanol–water partition coefficient (Wildman–Crippen LogP) is 2.39. The quantitative estimate of drug-likeness (QED) is 0.717. The molecule has 0 atom stereocenters. The minimum atomic E-state index is -0.759. The van der Waals surface area contributed by atoms with E-state index in [1.807, 2.05) is 4.90 Å². The van der Waals surface area contributed by atoms with Crippen LogP contribution >= 0.6 is 11.3 Å². The van der Waals surface area contributed by atoms with Gasteiger partial charge < -0.3 is 9.80 Å². The largest absolute Gasteiger partial charge is 0.355 e. The molecule has 0 aliphatic carbocycles. The molecule has 148 valence electrons. The lowest BCUT2D eigenvalue weighted by Gasteiger charge is -2.43. The van der Waals surface area contributed by atoms with E-state index in [2.05, 4.69) is 33.7 Å². The Morgan fingerprint density at radius 1 is 1.14 bits per heavy atom. The number of piperidine rings is 1. The van der Waals surface area contributed by atoms with Crippen molar-refractivity contribution in [2.75, 3.05) is 24.5 Å². The first-order valence-corrected chi connectivity index (χ1v) is 10.4. The van der Waals surface area contributed by atoms with Gasteiger partial charge in [-0.3, -0.25) is 19.7 Å². The summed E-state index contributed by atoms with van der Waals surface area (Å²) in [6, 6.07) is -0.181. The van der Waals surface area contributed by atoms with Crippen molar-refractivity contribution < 1.29 is 9.59 Å². The van der Waals surface area contributed by atoms with Gasteiger partial charge in [0.25, 0.3) is 5.91 Å². The minimum absolute atomic E-state index is 0.0784. The first-order valence-electron chi connectivity index (χ1n) is 9.53. The molecule has 2 aromatic heterocycles. The van der Waals surface area contributed by atoms with Crippen LogP contribution < -0.4 is 4.90 Å². The zero-order chi connectivity index (χ0) is 19.7. The first-order chi connectivity index (χ1) is 13.5. The Hall–Kier alpha value is -2.55. The molecule has 0 saturated carbocycles. The fraction of sp³-hybridized carbons (Fsp3) is 0.526. The second-order valence-electron chi connectivity index (χ2n) is 7.73. The van der Waals surface area contributed by atoms with Crippen molar-refractivity contribution in [2.45, 2.75) is 38.8 Å². The second-order valence-corrected chi connectivity index (χ2v) is 8.70. The van der Waals surface area contributed by atoms with Crippen molar-refractivity contribution in [3.8, 4) is 0 Å². The number of urea groups is 1. The highest BCUT2D eigenvalue weighted by Crippen LogP contribution is 2.39. The van der Waals surface area contributed by atoms with Crippen LogP contribution in [0.25, 0.3) is 0 Å². The lowest BCUT2D eigenvalue weighted by atomic mass is 9.85. The normalized spacial score (nSPS) is 19.3. The lowest BCUT2D eigenvalue weighted by Crippen LogP contribution is -2.57. The molecule has 2 aliphatic heterocycles. The summed E-state index contributed by atoms with van der Waals surface area (Å²) in [6.07, 6.45) is 7.98. The Morgan fingerprint density at radius 3 is 2.54 bits per heavy atom. The topological polar surface area (TPSA) is 82.5 Å². The van der Waals surface area contributed by atoms with Crippen molar-refractivity contribution in [1.29, 1.82) is 0 Å². The molecule has 0 radical (unpaired) electrons. The number of hydrogen-bond acceptors (Lipinski definition) is 7. The molecule has 2 aromatic rings. The average molecular weight is 401 g/mol. The Labute approximate surface area is 168 Å². The van der Waals surface area contributed by atoms with Gasteiger partial charge in [0.05, 0.1) is 18.3 Å². The molecule has 8 nitrogen and oxygen atoms in total. The number of imide groups is 1. The van der Waals surface area contributed by atoms with E-state index >= 15 is 0 Å². The SMILES string of the molecule is CC(C)CN1C(=O)N(Cc2cncs2)C(=O)C12CCN(c1cnccn1)CC2. The number of carbonyl (C=O) groups excluding carboxylic acids is 2. The van der Waals surface area contributed by atoms with Crippen LogP contribution in [0.4, 0.5) is 10.6 Å². The summed E-state index contributed by atoms with van der Waals surface area (Å²) in [5, 5.41) is 0. The molecular weight excluding hydrogens is 376 g/mol. The van der Waals surface area contributed by atoms with Gasteiger partial charge in [0.1, 0.15) is 11.4 Å². The molecule has 3 amide bonds. The lowest BCUT2D eigenvalue weighted by molar-refractivity contribution is -0.134. The Morgan fingerprint density at radius 2 is 1.93 bits per heavy atom. The zero-order valence-corrected chi connectivity index (χ0v) is 16.9. The highest BCUT2D eigenvalue weighted by Gasteiger charge is 2.58. The van der Waals surface area contributed by atoms with E-state index in [0.29, 0.717) is 39.0 Å². The highest BCUT2D eigenvalue weighted by atomic mass is 32.1. The van der Waals surface area contributed by atoms with Crippen LogP contribution in [-0.2, 0) is 11.3 Å². The first kappa shape index (κ1) is 18.8. The molecule has 2 aliphatic rings. The molecule has 28 heavy (non-hydrogen) atoms. The number of aromatic nitrogens is 3. The number of amides is 3. The van der Waals surface area contributed by atoms with Gasteiger partial charge in [0, 0.05) is 43.1 Å². The molecule has 1 spiro atoms. The number of hydrogen-bond donors (Lipinski definition) is 0. The maximum Gasteiger partial charge on any atom is 0.328 e. The standard InChI is InChI=1S/C19H24N6O2S/c1-14(2)11-25-18(27)24(12-15-9-21-13-28-15)17(26)19(25)3-7-23(8-4-19)16-10-20-5-6-22-16/h5-6,9-10,13-14H,3-4,7-8,11-12H2,1-2H3. The molecule has 4 rings (SSSR count). The molecule has 4 heterocycles. The van der Waals surface area contributed by atoms with Crippen molar-refractivity contribution in [3.05, 3.63) is 35.2 Å². The fourth-order valence-corrected chi connectivity index (χ4v) is 4.64. The van der Waals surface area contributed by atoms with Crippen molar-refractivity contribution in [2.24, 2.45) is 5.92 Å². The van der Waals surface area contributed by atoms with Crippen LogP contribution in [0.3, 0.4) is 0 Å². The maximum atomic E-state index is 13.5. The summed E-state index contributed by atoms with van der Waals surface area (Å²) in [5.41, 5.74) is 0.964. The summed E-state index contributed by atoms with van der Waals surface area (Å²) in [5.74, 6) is 1.02. The Bertz CT molecular complexity index is 833. The third-order valence-corrected chi connectivity index (χ3v) is 6.20. The average Bonchev–Trinajstić information content (AvgIpc) is 3.28. The van der Waals surface area contributed by atoms with Gasteiger partial charge in [-0.1, -0.05) is 13.8 Å². The van der Waals surface area contributed by atoms with Gasteiger partial charge in [0.2, 0.25) is 0 Å². The summed E-state index contributed by atoms with van der Waals surface area (Å²) in [6.45, 7) is 6.36. The summed E-state index contributed by atoms with van der Waals surface area (Å²) >= 11 is 1.46. The van der Waals surface area contributed by atoms with E-state index in [0.717, 1.165) is 10.7 Å². The van der Waals surface area contributed by atoms with E-state index in [-0.39, 0.29) is 17.9 Å². The molecular formula is C19H24N6O2S. The number of carbonyl (C=O) groups is 2. The van der Waals surface area contributed by atoms with E-state index in [1.54, 1.807) is 30.3 Å². The number of anilines is 1. The summed E-state index contributed by atoms with van der Waals surface area (Å²) in [4.78, 5) is 45.5. The van der Waals surface area contributed by atoms with Crippen LogP contribution in [0, 0.1) is 5.92 Å². The monoisotopic (exact) mass is 400 g/mol. The minimum Gasteiger partial charge on any atom is -0.355 e. The van der Waals surface area contributed by atoms with Gasteiger partial charge >= 0.3 is 6.03 Å². The van der Waals surface area contributed by atoms with Crippen LogP contribution in [0.15, 0.2) is 30.3 Å². The third-order valence-electron chi connectivity index (χ3n) is 5.43. The van der Waals surface area contributed by atoms with Gasteiger partial charge in [0.15, 0.2) is 0 Å². The number of rotatable bonds is 5. The predicted molar refractivity (Wildman–Crippen MR) is 106 cm³/mol. The van der Waals surface area contributed by atoms with E-state index < -0.39 is 5.54 Å². The zero-order valence-electron chi connectivity index (χ0n) is 16.1. The summed E-state index contributed by atoms with van der Waals surface area (Å²) in [7, 11) is 0. The fourth-order valence-electron chi connectivity index (χ4n) is 4.06. The van der Waals surface area contributed by atoms with Crippen molar-refractivity contribution in [3.63, 3.8) is 0 Å². The Kier molecular flexibility index (Phi) is 5.01. The van der Waals surface area contributed by atoms with Crippen molar-refractivity contribution in [1.82, 2.24) is 24.8 Å². The summed E-state index contributed by atoms with van der Waals surface area (Å²) < 4.78 is 0. The van der Waals surface area contributed by atoms with Crippen LogP contribution in [0.1, 0.15) is 31.6 Å². The van der Waals surface area contributed by atoms with Gasteiger partial charge in [-0.25, -0.2) is 9.78 Å². The van der Waals surface area contributed by atoms with Crippen molar-refractivity contribution >= 4 is 29.1 Å². The van der Waals surface area contributed by atoms with Crippen LogP contribution in [0.2, 0.25) is 0 Å². The molecule has 0 aromatic carbocycles. The molecule has 0 N–H and O–H groups in total. The van der Waals surface area contributed by atoms with Gasteiger partial charge in [-0.2, -0.15) is 0 Å². The van der Waals surface area contributed by atoms with E-state index in [9.17, 15) is 9.59 Å². The molecule has 2 saturated heterocycles.